The van der Waals surface area contributed by atoms with E-state index >= 15 is 0 Å². The average molecular weight is 638 g/mol. The first-order valence-corrected chi connectivity index (χ1v) is 14.9. The Morgan fingerprint density at radius 3 is 2.49 bits per heavy atom. The minimum absolute atomic E-state index is 0.109. The highest BCUT2D eigenvalue weighted by Gasteiger charge is 2.43. The second-order valence-electron chi connectivity index (χ2n) is 10.1. The number of carboxylic acid groups (broad SMARTS) is 1. The van der Waals surface area contributed by atoms with Gasteiger partial charge in [0.25, 0.3) is 10.0 Å². The van der Waals surface area contributed by atoms with Crippen molar-refractivity contribution in [2.75, 3.05) is 11.8 Å². The molecule has 1 aliphatic heterocycles. The van der Waals surface area contributed by atoms with E-state index in [0.29, 0.717) is 18.6 Å². The van der Waals surface area contributed by atoms with Crippen molar-refractivity contribution in [3.63, 3.8) is 0 Å². The Labute approximate surface area is 229 Å². The number of benzene rings is 2. The summed E-state index contributed by atoms with van der Waals surface area (Å²) in [6, 6.07) is 10.1. The molecular weight excluding hydrogens is 610 g/mol. The van der Waals surface area contributed by atoms with Gasteiger partial charge in [0.1, 0.15) is 11.6 Å². The highest BCUT2D eigenvalue weighted by molar-refractivity contribution is 14.1. The summed E-state index contributed by atoms with van der Waals surface area (Å²) in [4.78, 5) is 15.6. The number of nitrogens with zero attached hydrogens (tertiary/aromatic N) is 1. The summed E-state index contributed by atoms with van der Waals surface area (Å²) in [5.41, 5.74) is 2.03. The molecule has 2 saturated carbocycles. The van der Waals surface area contributed by atoms with Gasteiger partial charge in [-0.2, -0.15) is 8.42 Å². The molecule has 0 aromatic heterocycles. The molecule has 0 saturated heterocycles. The number of alkyl halides is 1. The van der Waals surface area contributed by atoms with Gasteiger partial charge in [0.15, 0.2) is 5.03 Å². The van der Waals surface area contributed by atoms with Crippen molar-refractivity contribution in [2.24, 2.45) is 16.8 Å². The lowest BCUT2D eigenvalue weighted by Crippen LogP contribution is -2.27. The first kappa shape index (κ1) is 26.1. The number of nitrogens with one attached hydrogen (secondary N) is 1. The van der Waals surface area contributed by atoms with E-state index in [1.54, 1.807) is 0 Å². The van der Waals surface area contributed by atoms with E-state index in [2.05, 4.69) is 44.4 Å². The Bertz CT molecular complexity index is 1390. The van der Waals surface area contributed by atoms with Crippen molar-refractivity contribution < 1.29 is 27.4 Å². The van der Waals surface area contributed by atoms with Crippen LogP contribution in [0.15, 0.2) is 52.5 Å². The fourth-order valence-electron chi connectivity index (χ4n) is 5.85. The summed E-state index contributed by atoms with van der Waals surface area (Å²) < 4.78 is 48.0. The number of methoxy groups -OCH3 is 1. The number of hydrogen-bond acceptors (Lipinski definition) is 5. The lowest BCUT2D eigenvalue weighted by molar-refractivity contribution is 0.0691. The van der Waals surface area contributed by atoms with Gasteiger partial charge < -0.3 is 9.84 Å². The third-order valence-corrected chi connectivity index (χ3v) is 10.4. The van der Waals surface area contributed by atoms with Gasteiger partial charge in [-0.1, -0.05) is 59.7 Å². The number of halogens is 2. The molecular formula is C27H28FIN2O5S. The van der Waals surface area contributed by atoms with E-state index in [-0.39, 0.29) is 19.9 Å². The maximum Gasteiger partial charge on any atom is 0.338 e. The van der Waals surface area contributed by atoms with Crippen LogP contribution < -0.4 is 9.46 Å². The number of carboxylic acids is 1. The SMILES string of the molecule is COc1cc(C(=O)O)c(F)cc1NS(=O)(=O)C1=CCCC(c2ccc(C3(I)CC4CC[C@@H](C4)C3)cc2)=N1. The van der Waals surface area contributed by atoms with Gasteiger partial charge in [0.2, 0.25) is 0 Å². The van der Waals surface area contributed by atoms with Gasteiger partial charge in [0, 0.05) is 15.2 Å². The van der Waals surface area contributed by atoms with Crippen molar-refractivity contribution in [2.45, 2.75) is 48.4 Å². The molecule has 5 rings (SSSR count). The third-order valence-electron chi connectivity index (χ3n) is 7.59. The van der Waals surface area contributed by atoms with Crippen LogP contribution in [0.4, 0.5) is 10.1 Å². The summed E-state index contributed by atoms with van der Waals surface area (Å²) in [6.45, 7) is 0. The van der Waals surface area contributed by atoms with Crippen LogP contribution in [0.5, 0.6) is 5.75 Å². The molecule has 2 aliphatic carbocycles. The lowest BCUT2D eigenvalue weighted by Gasteiger charge is -2.36. The quantitative estimate of drug-likeness (QED) is 0.276. The Morgan fingerprint density at radius 1 is 1.19 bits per heavy atom. The molecule has 2 aromatic rings. The van der Waals surface area contributed by atoms with E-state index in [9.17, 15) is 17.6 Å². The first-order valence-electron chi connectivity index (χ1n) is 12.3. The van der Waals surface area contributed by atoms with Crippen LogP contribution in [0, 0.1) is 17.7 Å². The summed E-state index contributed by atoms with van der Waals surface area (Å²) in [7, 11) is -2.93. The molecule has 0 spiro atoms. The van der Waals surface area contributed by atoms with Crippen molar-refractivity contribution in [1.82, 2.24) is 0 Å². The van der Waals surface area contributed by atoms with Crippen LogP contribution in [-0.2, 0) is 13.4 Å². The minimum atomic E-state index is -4.17. The molecule has 3 aliphatic rings. The molecule has 37 heavy (non-hydrogen) atoms. The van der Waals surface area contributed by atoms with Crippen molar-refractivity contribution >= 4 is 50.0 Å². The number of rotatable bonds is 7. The fourth-order valence-corrected chi connectivity index (χ4v) is 8.58. The summed E-state index contributed by atoms with van der Waals surface area (Å²) in [6.07, 6.45) is 9.06. The lowest BCUT2D eigenvalue weighted by atomic mass is 9.77. The molecule has 0 radical (unpaired) electrons. The van der Waals surface area contributed by atoms with E-state index in [1.807, 2.05) is 12.1 Å². The van der Waals surface area contributed by atoms with Crippen LogP contribution in [0.25, 0.3) is 0 Å². The van der Waals surface area contributed by atoms with E-state index in [4.69, 9.17) is 9.84 Å². The van der Waals surface area contributed by atoms with Crippen LogP contribution in [0.2, 0.25) is 0 Å². The highest BCUT2D eigenvalue weighted by Crippen LogP contribution is 2.55. The van der Waals surface area contributed by atoms with Crippen LogP contribution in [0.3, 0.4) is 0 Å². The molecule has 2 fully saturated rings. The first-order chi connectivity index (χ1) is 17.6. The molecule has 10 heteroatoms. The summed E-state index contributed by atoms with van der Waals surface area (Å²) in [5, 5.41) is 8.95. The second-order valence-corrected chi connectivity index (χ2v) is 13.8. The Balaban J connectivity index is 1.37. The van der Waals surface area contributed by atoms with Gasteiger partial charge in [-0.3, -0.25) is 4.72 Å². The Kier molecular flexibility index (Phi) is 7.08. The number of sulfonamides is 1. The van der Waals surface area contributed by atoms with E-state index in [1.165, 1.54) is 50.9 Å². The van der Waals surface area contributed by atoms with E-state index in [0.717, 1.165) is 29.5 Å². The number of carbonyl (C=O) groups is 1. The number of fused-ring (bicyclic) bond motifs is 2. The standard InChI is InChI=1S/C27H28FIN2O5S/c1-36-24-12-20(26(32)33)21(28)13-23(24)31-37(34,35)25-4-2-3-22(30-25)18-7-9-19(10-8-18)27(29)14-16-5-6-17(11-16)15-27/h4,7-10,12-13,16-17,31H,2-3,5-6,11,14-15H2,1H3,(H,32,33)/t16-,17?,27?/m0/s1. The van der Waals surface area contributed by atoms with E-state index < -0.39 is 27.4 Å². The van der Waals surface area contributed by atoms with Crippen LogP contribution >= 0.6 is 22.6 Å². The van der Waals surface area contributed by atoms with Crippen LogP contribution in [-0.4, -0.2) is 32.3 Å². The van der Waals surface area contributed by atoms with Gasteiger partial charge in [-0.05, 0) is 67.2 Å². The molecule has 1 heterocycles. The van der Waals surface area contributed by atoms with Gasteiger partial charge in [-0.25, -0.2) is 14.2 Å². The number of anilines is 1. The molecule has 7 nitrogen and oxygen atoms in total. The number of aromatic carboxylic acids is 1. The predicted octanol–water partition coefficient (Wildman–Crippen LogP) is 6.24. The zero-order chi connectivity index (χ0) is 26.4. The molecule has 2 aromatic carbocycles. The number of allylic oxidation sites excluding steroid dienone is 1. The maximum absolute atomic E-state index is 14.2. The second kappa shape index (κ2) is 10.0. The van der Waals surface area contributed by atoms with Crippen LogP contribution in [0.1, 0.15) is 66.4 Å². The van der Waals surface area contributed by atoms with Crippen molar-refractivity contribution in [1.29, 1.82) is 0 Å². The predicted molar refractivity (Wildman–Crippen MR) is 149 cm³/mol. The number of aliphatic imine (C=N–C) groups is 1. The number of ether oxygens (including phenoxy) is 1. The Hall–Kier alpha value is -2.47. The smallest absolute Gasteiger partial charge is 0.338 e. The zero-order valence-electron chi connectivity index (χ0n) is 20.3. The largest absolute Gasteiger partial charge is 0.495 e. The highest BCUT2D eigenvalue weighted by atomic mass is 127. The topological polar surface area (TPSA) is 105 Å². The molecule has 196 valence electrons. The fraction of sp³-hybridized carbons (Fsp3) is 0.407. The summed E-state index contributed by atoms with van der Waals surface area (Å²) >= 11 is 2.63. The minimum Gasteiger partial charge on any atom is -0.495 e. The Morgan fingerprint density at radius 2 is 1.86 bits per heavy atom. The maximum atomic E-state index is 14.2. The normalized spacial score (nSPS) is 25.3. The molecule has 2 bridgehead atoms. The van der Waals surface area contributed by atoms with Crippen molar-refractivity contribution in [3.8, 4) is 5.75 Å². The molecule has 2 N–H and O–H groups in total. The zero-order valence-corrected chi connectivity index (χ0v) is 23.3. The number of hydrogen-bond donors (Lipinski definition) is 2. The molecule has 0 amide bonds. The molecule has 2 unspecified atom stereocenters. The monoisotopic (exact) mass is 638 g/mol. The van der Waals surface area contributed by atoms with Gasteiger partial charge in [0.05, 0.1) is 18.4 Å². The average Bonchev–Trinajstić information content (AvgIpc) is 3.22. The molecule has 3 atom stereocenters. The third kappa shape index (κ3) is 5.27. The summed E-state index contributed by atoms with van der Waals surface area (Å²) in [5.74, 6) is -1.04. The van der Waals surface area contributed by atoms with Gasteiger partial charge in [-0.15, -0.1) is 0 Å². The van der Waals surface area contributed by atoms with Crippen molar-refractivity contribution in [3.05, 3.63) is 70.0 Å². The van der Waals surface area contributed by atoms with Gasteiger partial charge >= 0.3 is 5.97 Å².